The van der Waals surface area contributed by atoms with Crippen LogP contribution in [0, 0.1) is 0 Å². The predicted molar refractivity (Wildman–Crippen MR) is 110 cm³/mol. The third-order valence-corrected chi connectivity index (χ3v) is 4.87. The SMILES string of the molecule is CCCCCCCCCCCCCCCC(=O)N[C@@H](CCC(N)=O)C(N)=O. The summed E-state index contributed by atoms with van der Waals surface area (Å²) in [5, 5.41) is 2.59. The van der Waals surface area contributed by atoms with E-state index in [0.29, 0.717) is 6.42 Å². The van der Waals surface area contributed by atoms with Gasteiger partial charge in [0.2, 0.25) is 17.7 Å². The van der Waals surface area contributed by atoms with Crippen molar-refractivity contribution in [2.24, 2.45) is 11.5 Å². The Labute approximate surface area is 165 Å². The second-order valence-electron chi connectivity index (χ2n) is 7.52. The first-order chi connectivity index (χ1) is 13.0. The molecular weight excluding hydrogens is 342 g/mol. The molecule has 158 valence electrons. The van der Waals surface area contributed by atoms with Crippen LogP contribution in [0.25, 0.3) is 0 Å². The number of primary amides is 2. The Morgan fingerprint density at radius 3 is 1.56 bits per heavy atom. The van der Waals surface area contributed by atoms with Gasteiger partial charge in [-0.25, -0.2) is 0 Å². The summed E-state index contributed by atoms with van der Waals surface area (Å²) in [6, 6.07) is -0.813. The van der Waals surface area contributed by atoms with Crippen molar-refractivity contribution < 1.29 is 14.4 Å². The van der Waals surface area contributed by atoms with E-state index >= 15 is 0 Å². The average molecular weight is 384 g/mol. The first kappa shape index (κ1) is 25.4. The third-order valence-electron chi connectivity index (χ3n) is 4.87. The van der Waals surface area contributed by atoms with Crippen LogP contribution in [-0.4, -0.2) is 23.8 Å². The molecule has 0 aromatic carbocycles. The second-order valence-corrected chi connectivity index (χ2v) is 7.52. The Morgan fingerprint density at radius 2 is 1.15 bits per heavy atom. The van der Waals surface area contributed by atoms with E-state index in [9.17, 15) is 14.4 Å². The van der Waals surface area contributed by atoms with E-state index in [1.807, 2.05) is 0 Å². The van der Waals surface area contributed by atoms with Gasteiger partial charge in [-0.15, -0.1) is 0 Å². The third kappa shape index (κ3) is 17.6. The minimum absolute atomic E-state index is 0.0344. The van der Waals surface area contributed by atoms with Gasteiger partial charge in [0, 0.05) is 12.8 Å². The molecule has 6 nitrogen and oxygen atoms in total. The number of amides is 3. The molecule has 0 aromatic heterocycles. The smallest absolute Gasteiger partial charge is 0.240 e. The molecule has 0 radical (unpaired) electrons. The molecule has 0 saturated heterocycles. The van der Waals surface area contributed by atoms with Crippen molar-refractivity contribution in [3.63, 3.8) is 0 Å². The highest BCUT2D eigenvalue weighted by Gasteiger charge is 2.18. The van der Waals surface area contributed by atoms with Gasteiger partial charge in [0.15, 0.2) is 0 Å². The van der Waals surface area contributed by atoms with Gasteiger partial charge in [-0.1, -0.05) is 84.0 Å². The maximum atomic E-state index is 11.9. The number of unbranched alkanes of at least 4 members (excludes halogenated alkanes) is 12. The molecule has 0 aliphatic heterocycles. The van der Waals surface area contributed by atoms with Gasteiger partial charge >= 0.3 is 0 Å². The molecule has 27 heavy (non-hydrogen) atoms. The average Bonchev–Trinajstić information content (AvgIpc) is 2.62. The predicted octanol–water partition coefficient (Wildman–Crippen LogP) is 3.70. The molecule has 0 heterocycles. The highest BCUT2D eigenvalue weighted by atomic mass is 16.2. The van der Waals surface area contributed by atoms with Gasteiger partial charge < -0.3 is 16.8 Å². The zero-order valence-electron chi connectivity index (χ0n) is 17.3. The van der Waals surface area contributed by atoms with Crippen LogP contribution in [-0.2, 0) is 14.4 Å². The normalized spacial score (nSPS) is 11.9. The fraction of sp³-hybridized carbons (Fsp3) is 0.857. The van der Waals surface area contributed by atoms with Crippen molar-refractivity contribution >= 4 is 17.7 Å². The van der Waals surface area contributed by atoms with Gasteiger partial charge in [0.25, 0.3) is 0 Å². The van der Waals surface area contributed by atoms with E-state index in [1.54, 1.807) is 0 Å². The maximum absolute atomic E-state index is 11.9. The molecule has 0 aliphatic carbocycles. The van der Waals surface area contributed by atoms with Crippen molar-refractivity contribution in [2.45, 2.75) is 116 Å². The minimum atomic E-state index is -0.813. The Balaban J connectivity index is 3.51. The number of rotatable bonds is 19. The maximum Gasteiger partial charge on any atom is 0.240 e. The number of nitrogens with one attached hydrogen (secondary N) is 1. The van der Waals surface area contributed by atoms with E-state index in [-0.39, 0.29) is 18.7 Å². The summed E-state index contributed by atoms with van der Waals surface area (Å²) in [5.74, 6) is -1.33. The van der Waals surface area contributed by atoms with Crippen molar-refractivity contribution in [3.8, 4) is 0 Å². The number of carbonyl (C=O) groups is 3. The highest BCUT2D eigenvalue weighted by Crippen LogP contribution is 2.13. The highest BCUT2D eigenvalue weighted by molar-refractivity contribution is 5.87. The summed E-state index contributed by atoms with van der Waals surface area (Å²) in [7, 11) is 0. The van der Waals surface area contributed by atoms with E-state index < -0.39 is 17.9 Å². The Hall–Kier alpha value is -1.59. The van der Waals surface area contributed by atoms with Crippen LogP contribution in [0.15, 0.2) is 0 Å². The molecule has 0 aliphatic rings. The van der Waals surface area contributed by atoms with Crippen LogP contribution in [0.3, 0.4) is 0 Å². The molecule has 5 N–H and O–H groups in total. The molecule has 0 bridgehead atoms. The molecule has 0 aromatic rings. The first-order valence-corrected chi connectivity index (χ1v) is 10.8. The van der Waals surface area contributed by atoms with Crippen molar-refractivity contribution in [1.82, 2.24) is 5.32 Å². The molecule has 0 unspecified atom stereocenters. The summed E-state index contributed by atoms with van der Waals surface area (Å²) in [5.41, 5.74) is 10.3. The fourth-order valence-corrected chi connectivity index (χ4v) is 3.14. The summed E-state index contributed by atoms with van der Waals surface area (Å²) >= 11 is 0. The largest absolute Gasteiger partial charge is 0.370 e. The standard InChI is InChI=1S/C21H41N3O3/c1-2-3-4-5-6-7-8-9-10-11-12-13-14-15-20(26)24-18(21(23)27)16-17-19(22)25/h18H,2-17H2,1H3,(H2,22,25)(H2,23,27)(H,24,26)/t18-/m0/s1. The van der Waals surface area contributed by atoms with E-state index in [2.05, 4.69) is 12.2 Å². The van der Waals surface area contributed by atoms with E-state index in [0.717, 1.165) is 19.3 Å². The van der Waals surface area contributed by atoms with Crippen LogP contribution >= 0.6 is 0 Å². The number of hydrogen-bond donors (Lipinski definition) is 3. The Kier molecular flexibility index (Phi) is 16.8. The topological polar surface area (TPSA) is 115 Å². The van der Waals surface area contributed by atoms with Crippen molar-refractivity contribution in [2.75, 3.05) is 0 Å². The Bertz CT molecular complexity index is 413. The number of carbonyl (C=O) groups excluding carboxylic acids is 3. The summed E-state index contributed by atoms with van der Waals surface area (Å²) in [6.07, 6.45) is 16.9. The monoisotopic (exact) mass is 383 g/mol. The zero-order valence-corrected chi connectivity index (χ0v) is 17.3. The lowest BCUT2D eigenvalue weighted by atomic mass is 10.0. The lowest BCUT2D eigenvalue weighted by molar-refractivity contribution is -0.128. The Morgan fingerprint density at radius 1 is 0.704 bits per heavy atom. The van der Waals surface area contributed by atoms with Crippen LogP contribution in [0.1, 0.15) is 110 Å². The molecule has 0 rings (SSSR count). The quantitative estimate of drug-likeness (QED) is 0.295. The van der Waals surface area contributed by atoms with E-state index in [4.69, 9.17) is 11.5 Å². The van der Waals surface area contributed by atoms with Crippen LogP contribution < -0.4 is 16.8 Å². The molecule has 0 spiro atoms. The van der Waals surface area contributed by atoms with E-state index in [1.165, 1.54) is 64.2 Å². The molecular formula is C21H41N3O3. The summed E-state index contributed by atoms with van der Waals surface area (Å²) in [6.45, 7) is 2.25. The lowest BCUT2D eigenvalue weighted by Crippen LogP contribution is -2.44. The fourth-order valence-electron chi connectivity index (χ4n) is 3.14. The molecule has 3 amide bonds. The van der Waals surface area contributed by atoms with Crippen molar-refractivity contribution in [1.29, 1.82) is 0 Å². The molecule has 0 fully saturated rings. The molecule has 1 atom stereocenters. The van der Waals surface area contributed by atoms with Crippen LogP contribution in [0.5, 0.6) is 0 Å². The van der Waals surface area contributed by atoms with Gasteiger partial charge in [0.1, 0.15) is 6.04 Å². The van der Waals surface area contributed by atoms with Gasteiger partial charge in [-0.3, -0.25) is 14.4 Å². The van der Waals surface area contributed by atoms with Crippen molar-refractivity contribution in [3.05, 3.63) is 0 Å². The molecule has 6 heteroatoms. The van der Waals surface area contributed by atoms with Gasteiger partial charge in [0.05, 0.1) is 0 Å². The summed E-state index contributed by atoms with van der Waals surface area (Å²) in [4.78, 5) is 33.9. The second kappa shape index (κ2) is 17.8. The van der Waals surface area contributed by atoms with Gasteiger partial charge in [-0.05, 0) is 12.8 Å². The van der Waals surface area contributed by atoms with Gasteiger partial charge in [-0.2, -0.15) is 0 Å². The first-order valence-electron chi connectivity index (χ1n) is 10.8. The van der Waals surface area contributed by atoms with Crippen LogP contribution in [0.4, 0.5) is 0 Å². The molecule has 0 saturated carbocycles. The van der Waals surface area contributed by atoms with Crippen LogP contribution in [0.2, 0.25) is 0 Å². The minimum Gasteiger partial charge on any atom is -0.370 e. The number of nitrogens with two attached hydrogens (primary N) is 2. The lowest BCUT2D eigenvalue weighted by Gasteiger charge is -2.14. The zero-order chi connectivity index (χ0) is 20.3. The summed E-state index contributed by atoms with van der Waals surface area (Å²) < 4.78 is 0. The number of hydrogen-bond acceptors (Lipinski definition) is 3.